The van der Waals surface area contributed by atoms with Gasteiger partial charge in [0.2, 0.25) is 11.7 Å². The van der Waals surface area contributed by atoms with Gasteiger partial charge in [-0.15, -0.1) is 11.3 Å². The summed E-state index contributed by atoms with van der Waals surface area (Å²) in [5.41, 5.74) is 0. The number of aromatic nitrogens is 2. The van der Waals surface area contributed by atoms with Crippen molar-refractivity contribution in [1.29, 1.82) is 0 Å². The van der Waals surface area contributed by atoms with E-state index in [1.165, 1.54) is 19.3 Å². The van der Waals surface area contributed by atoms with Crippen molar-refractivity contribution in [2.75, 3.05) is 39.3 Å². The molecule has 2 aromatic rings. The van der Waals surface area contributed by atoms with Gasteiger partial charge in [-0.25, -0.2) is 0 Å². The van der Waals surface area contributed by atoms with E-state index in [1.54, 1.807) is 11.3 Å². The summed E-state index contributed by atoms with van der Waals surface area (Å²) in [6.07, 6.45) is 3.30. The summed E-state index contributed by atoms with van der Waals surface area (Å²) >= 11 is 1.57. The summed E-state index contributed by atoms with van der Waals surface area (Å²) in [5, 5.41) is 6.01. The highest BCUT2D eigenvalue weighted by Crippen LogP contribution is 2.26. The normalized spacial score (nSPS) is 22.2. The van der Waals surface area contributed by atoms with E-state index in [-0.39, 0.29) is 12.0 Å². The number of thiophene rings is 1. The van der Waals surface area contributed by atoms with Gasteiger partial charge in [0.1, 0.15) is 0 Å². The van der Waals surface area contributed by atoms with Gasteiger partial charge in [-0.05, 0) is 37.4 Å². The first-order valence-corrected chi connectivity index (χ1v) is 9.67. The molecule has 0 spiro atoms. The summed E-state index contributed by atoms with van der Waals surface area (Å²) in [6.45, 7) is 4.12. The molecule has 0 radical (unpaired) electrons. The van der Waals surface area contributed by atoms with Crippen LogP contribution in [-0.2, 0) is 9.53 Å². The number of ether oxygens (including phenoxy) is 1. The minimum Gasteiger partial charge on any atom is -0.365 e. The molecule has 2 aromatic heterocycles. The van der Waals surface area contributed by atoms with E-state index in [0.29, 0.717) is 38.0 Å². The van der Waals surface area contributed by atoms with Gasteiger partial charge >= 0.3 is 0 Å². The lowest BCUT2D eigenvalue weighted by Gasteiger charge is -2.33. The second-order valence-electron chi connectivity index (χ2n) is 6.47. The highest BCUT2D eigenvalue weighted by atomic mass is 32.1. The molecule has 0 aromatic carbocycles. The molecule has 2 aliphatic rings. The quantitative estimate of drug-likeness (QED) is 0.830. The summed E-state index contributed by atoms with van der Waals surface area (Å²) in [6, 6.07) is 3.91. The van der Waals surface area contributed by atoms with Crippen LogP contribution in [0, 0.1) is 0 Å². The molecule has 0 N–H and O–H groups in total. The standard InChI is InChI=1S/C17H22N4O3S/c22-15(12-20-6-2-1-3-7-20)21-8-9-23-13(11-21)17-18-16(19-24-17)14-5-4-10-25-14/h4-5,10,13H,1-3,6-9,11-12H2. The van der Waals surface area contributed by atoms with Crippen LogP contribution < -0.4 is 0 Å². The molecular weight excluding hydrogens is 340 g/mol. The molecule has 7 nitrogen and oxygen atoms in total. The summed E-state index contributed by atoms with van der Waals surface area (Å²) in [7, 11) is 0. The molecule has 4 rings (SSSR count). The fourth-order valence-corrected chi connectivity index (χ4v) is 3.96. The molecule has 0 saturated carbocycles. The van der Waals surface area contributed by atoms with Gasteiger partial charge in [0.25, 0.3) is 5.89 Å². The van der Waals surface area contributed by atoms with Crippen molar-refractivity contribution < 1.29 is 14.1 Å². The molecule has 1 unspecified atom stereocenters. The number of rotatable bonds is 4. The zero-order valence-electron chi connectivity index (χ0n) is 14.1. The molecule has 0 aliphatic carbocycles. The first-order valence-electron chi connectivity index (χ1n) is 8.79. The monoisotopic (exact) mass is 362 g/mol. The lowest BCUT2D eigenvalue weighted by molar-refractivity contribution is -0.141. The second-order valence-corrected chi connectivity index (χ2v) is 7.42. The van der Waals surface area contributed by atoms with Gasteiger partial charge < -0.3 is 14.2 Å². The van der Waals surface area contributed by atoms with Crippen LogP contribution in [0.1, 0.15) is 31.3 Å². The van der Waals surface area contributed by atoms with Crippen LogP contribution in [0.5, 0.6) is 0 Å². The molecule has 0 bridgehead atoms. The van der Waals surface area contributed by atoms with E-state index in [1.807, 2.05) is 22.4 Å². The Hall–Kier alpha value is -1.77. The molecule has 8 heteroatoms. The minimum atomic E-state index is -0.347. The van der Waals surface area contributed by atoms with E-state index in [0.717, 1.165) is 18.0 Å². The average Bonchev–Trinajstić information content (AvgIpc) is 3.34. The zero-order chi connectivity index (χ0) is 17.1. The number of carbonyl (C=O) groups excluding carboxylic acids is 1. The zero-order valence-corrected chi connectivity index (χ0v) is 14.9. The Balaban J connectivity index is 1.38. The maximum atomic E-state index is 12.6. The third-order valence-electron chi connectivity index (χ3n) is 4.69. The number of amides is 1. The Morgan fingerprint density at radius 1 is 1.28 bits per heavy atom. The molecule has 1 atom stereocenters. The minimum absolute atomic E-state index is 0.160. The van der Waals surface area contributed by atoms with E-state index < -0.39 is 0 Å². The summed E-state index contributed by atoms with van der Waals surface area (Å²) < 4.78 is 11.1. The molecule has 2 saturated heterocycles. The maximum absolute atomic E-state index is 12.6. The smallest absolute Gasteiger partial charge is 0.257 e. The third-order valence-corrected chi connectivity index (χ3v) is 5.55. The van der Waals surface area contributed by atoms with E-state index >= 15 is 0 Å². The highest BCUT2D eigenvalue weighted by molar-refractivity contribution is 7.13. The predicted molar refractivity (Wildman–Crippen MR) is 93.2 cm³/mol. The molecular formula is C17H22N4O3S. The lowest BCUT2D eigenvalue weighted by Crippen LogP contribution is -2.47. The number of morpholine rings is 1. The van der Waals surface area contributed by atoms with Crippen molar-refractivity contribution in [2.45, 2.75) is 25.4 Å². The SMILES string of the molecule is O=C(CN1CCCCC1)N1CCOC(c2nc(-c3cccs3)no2)C1. The molecule has 25 heavy (non-hydrogen) atoms. The average molecular weight is 362 g/mol. The Morgan fingerprint density at radius 2 is 2.16 bits per heavy atom. The molecule has 134 valence electrons. The topological polar surface area (TPSA) is 71.7 Å². The Kier molecular flexibility index (Phi) is 5.09. The van der Waals surface area contributed by atoms with Crippen molar-refractivity contribution in [3.8, 4) is 10.7 Å². The van der Waals surface area contributed by atoms with Gasteiger partial charge in [0.05, 0.1) is 24.6 Å². The predicted octanol–water partition coefficient (Wildman–Crippen LogP) is 2.18. The van der Waals surface area contributed by atoms with Crippen molar-refractivity contribution >= 4 is 17.2 Å². The van der Waals surface area contributed by atoms with Gasteiger partial charge in [-0.2, -0.15) is 4.98 Å². The number of piperidine rings is 1. The fourth-order valence-electron chi connectivity index (χ4n) is 3.31. The molecule has 4 heterocycles. The van der Waals surface area contributed by atoms with E-state index in [4.69, 9.17) is 9.26 Å². The fraction of sp³-hybridized carbons (Fsp3) is 0.588. The number of likely N-dealkylation sites (tertiary alicyclic amines) is 1. The molecule has 1 amide bonds. The van der Waals surface area contributed by atoms with Gasteiger partial charge in [0.15, 0.2) is 6.10 Å². The lowest BCUT2D eigenvalue weighted by atomic mass is 10.1. The molecule has 2 aliphatic heterocycles. The van der Waals surface area contributed by atoms with Crippen molar-refractivity contribution in [2.24, 2.45) is 0 Å². The van der Waals surface area contributed by atoms with Gasteiger partial charge in [-0.3, -0.25) is 9.69 Å². The number of hydrogen-bond donors (Lipinski definition) is 0. The Labute approximate surface area is 150 Å². The Bertz CT molecular complexity index is 697. The second kappa shape index (κ2) is 7.63. The van der Waals surface area contributed by atoms with Crippen LogP contribution in [0.15, 0.2) is 22.0 Å². The van der Waals surface area contributed by atoms with Crippen LogP contribution in [0.3, 0.4) is 0 Å². The third kappa shape index (κ3) is 3.91. The van der Waals surface area contributed by atoms with Crippen LogP contribution in [0.25, 0.3) is 10.7 Å². The first kappa shape index (κ1) is 16.7. The number of nitrogens with zero attached hydrogens (tertiary/aromatic N) is 4. The summed E-state index contributed by atoms with van der Waals surface area (Å²) in [4.78, 5) is 22.1. The molecule has 2 fully saturated rings. The van der Waals surface area contributed by atoms with Crippen LogP contribution in [0.2, 0.25) is 0 Å². The van der Waals surface area contributed by atoms with Gasteiger partial charge in [0, 0.05) is 6.54 Å². The number of hydrogen-bond acceptors (Lipinski definition) is 7. The van der Waals surface area contributed by atoms with E-state index in [9.17, 15) is 4.79 Å². The Morgan fingerprint density at radius 3 is 2.96 bits per heavy atom. The van der Waals surface area contributed by atoms with E-state index in [2.05, 4.69) is 15.0 Å². The largest absolute Gasteiger partial charge is 0.365 e. The van der Waals surface area contributed by atoms with Crippen LogP contribution in [-0.4, -0.2) is 65.2 Å². The van der Waals surface area contributed by atoms with Crippen molar-refractivity contribution in [3.63, 3.8) is 0 Å². The van der Waals surface area contributed by atoms with Crippen molar-refractivity contribution in [3.05, 3.63) is 23.4 Å². The highest BCUT2D eigenvalue weighted by Gasteiger charge is 2.30. The number of carbonyl (C=O) groups is 1. The van der Waals surface area contributed by atoms with Crippen LogP contribution in [0.4, 0.5) is 0 Å². The summed E-state index contributed by atoms with van der Waals surface area (Å²) in [5.74, 6) is 1.18. The first-order chi connectivity index (χ1) is 12.3. The van der Waals surface area contributed by atoms with Crippen LogP contribution >= 0.6 is 11.3 Å². The van der Waals surface area contributed by atoms with Crippen molar-refractivity contribution in [1.82, 2.24) is 19.9 Å². The van der Waals surface area contributed by atoms with Gasteiger partial charge in [-0.1, -0.05) is 17.6 Å². The maximum Gasteiger partial charge on any atom is 0.257 e.